The second-order valence-electron chi connectivity index (χ2n) is 5.67. The minimum atomic E-state index is -1.23. The smallest absolute Gasteiger partial charge is 0.330 e. The zero-order valence-corrected chi connectivity index (χ0v) is 14.4. The SMILES string of the molecule is O=C(N[C@H](C(=O)O)c1ccccc1Cl)c1cccc(Cn2cccn2)c1. The van der Waals surface area contributed by atoms with E-state index >= 15 is 0 Å². The summed E-state index contributed by atoms with van der Waals surface area (Å²) in [6.45, 7) is 0.515. The predicted octanol–water partition coefficient (Wildman–Crippen LogP) is 3.14. The van der Waals surface area contributed by atoms with E-state index in [9.17, 15) is 14.7 Å². The number of halogens is 1. The van der Waals surface area contributed by atoms with Crippen LogP contribution in [0.2, 0.25) is 5.02 Å². The van der Waals surface area contributed by atoms with Gasteiger partial charge in [0.15, 0.2) is 6.04 Å². The molecule has 3 aromatic rings. The van der Waals surface area contributed by atoms with Gasteiger partial charge in [-0.15, -0.1) is 0 Å². The van der Waals surface area contributed by atoms with Crippen LogP contribution in [0.25, 0.3) is 0 Å². The molecule has 1 heterocycles. The van der Waals surface area contributed by atoms with Crippen LogP contribution < -0.4 is 5.32 Å². The van der Waals surface area contributed by atoms with Crippen molar-refractivity contribution in [3.8, 4) is 0 Å². The first-order chi connectivity index (χ1) is 12.5. The first-order valence-electron chi connectivity index (χ1n) is 7.89. The number of aromatic nitrogens is 2. The zero-order chi connectivity index (χ0) is 18.5. The van der Waals surface area contributed by atoms with Crippen molar-refractivity contribution in [2.45, 2.75) is 12.6 Å². The van der Waals surface area contributed by atoms with E-state index in [-0.39, 0.29) is 5.02 Å². The molecule has 0 fully saturated rings. The maximum absolute atomic E-state index is 12.6. The first kappa shape index (κ1) is 17.7. The van der Waals surface area contributed by atoms with Crippen molar-refractivity contribution < 1.29 is 14.7 Å². The molecule has 6 nitrogen and oxygen atoms in total. The molecule has 0 saturated heterocycles. The van der Waals surface area contributed by atoms with Crippen LogP contribution in [0.15, 0.2) is 67.0 Å². The van der Waals surface area contributed by atoms with Crippen LogP contribution >= 0.6 is 11.6 Å². The van der Waals surface area contributed by atoms with Gasteiger partial charge in [0.05, 0.1) is 6.54 Å². The highest BCUT2D eigenvalue weighted by molar-refractivity contribution is 6.31. The maximum Gasteiger partial charge on any atom is 0.330 e. The summed E-state index contributed by atoms with van der Waals surface area (Å²) in [5, 5.41) is 16.4. The Labute approximate surface area is 155 Å². The quantitative estimate of drug-likeness (QED) is 0.699. The number of rotatable bonds is 6. The molecule has 7 heteroatoms. The molecule has 0 unspecified atom stereocenters. The highest BCUT2D eigenvalue weighted by Crippen LogP contribution is 2.23. The summed E-state index contributed by atoms with van der Waals surface area (Å²) in [5.41, 5.74) is 1.58. The number of nitrogens with one attached hydrogen (secondary N) is 1. The van der Waals surface area contributed by atoms with E-state index in [1.165, 1.54) is 0 Å². The Morgan fingerprint density at radius 2 is 1.96 bits per heavy atom. The van der Waals surface area contributed by atoms with Gasteiger partial charge in [0.1, 0.15) is 0 Å². The van der Waals surface area contributed by atoms with E-state index in [1.807, 2.05) is 18.3 Å². The molecule has 1 atom stereocenters. The lowest BCUT2D eigenvalue weighted by molar-refractivity contribution is -0.139. The molecule has 0 bridgehead atoms. The van der Waals surface area contributed by atoms with Gasteiger partial charge in [-0.25, -0.2) is 4.79 Å². The van der Waals surface area contributed by atoms with Crippen molar-refractivity contribution in [2.75, 3.05) is 0 Å². The molecule has 1 amide bonds. The molecule has 0 aliphatic carbocycles. The van der Waals surface area contributed by atoms with Crippen LogP contribution in [-0.4, -0.2) is 26.8 Å². The Balaban J connectivity index is 1.80. The summed E-state index contributed by atoms with van der Waals surface area (Å²) in [6, 6.07) is 14.1. The Bertz CT molecular complexity index is 925. The average Bonchev–Trinajstić information content (AvgIpc) is 3.13. The van der Waals surface area contributed by atoms with Gasteiger partial charge in [0.2, 0.25) is 0 Å². The fourth-order valence-electron chi connectivity index (χ4n) is 2.59. The topological polar surface area (TPSA) is 84.2 Å². The van der Waals surface area contributed by atoms with E-state index in [4.69, 9.17) is 11.6 Å². The Hall–Kier alpha value is -3.12. The third kappa shape index (κ3) is 4.10. The molecule has 0 spiro atoms. The maximum atomic E-state index is 12.6. The molecule has 0 saturated carbocycles. The fourth-order valence-corrected chi connectivity index (χ4v) is 2.83. The van der Waals surface area contributed by atoms with E-state index in [0.717, 1.165) is 5.56 Å². The number of carbonyl (C=O) groups excluding carboxylic acids is 1. The van der Waals surface area contributed by atoms with E-state index in [1.54, 1.807) is 53.3 Å². The van der Waals surface area contributed by atoms with Crippen molar-refractivity contribution in [3.63, 3.8) is 0 Å². The molecule has 2 N–H and O–H groups in total. The number of nitrogens with zero attached hydrogens (tertiary/aromatic N) is 2. The number of amides is 1. The monoisotopic (exact) mass is 369 g/mol. The number of aliphatic carboxylic acids is 1. The fraction of sp³-hybridized carbons (Fsp3) is 0.105. The summed E-state index contributed by atoms with van der Waals surface area (Å²) >= 11 is 6.07. The van der Waals surface area contributed by atoms with E-state index < -0.39 is 17.9 Å². The standard InChI is InChI=1S/C19H16ClN3O3/c20-16-8-2-1-7-15(16)17(19(25)26)22-18(24)14-6-3-5-13(11-14)12-23-10-4-9-21-23/h1-11,17H,12H2,(H,22,24)(H,25,26)/t17-/m0/s1. The van der Waals surface area contributed by atoms with Crippen molar-refractivity contribution in [1.82, 2.24) is 15.1 Å². The second kappa shape index (κ2) is 7.84. The number of carboxylic acid groups (broad SMARTS) is 1. The molecule has 3 rings (SSSR count). The van der Waals surface area contributed by atoms with Gasteiger partial charge in [-0.05, 0) is 29.8 Å². The average molecular weight is 370 g/mol. The van der Waals surface area contributed by atoms with Gasteiger partial charge < -0.3 is 10.4 Å². The molecule has 132 valence electrons. The van der Waals surface area contributed by atoms with Crippen LogP contribution in [0, 0.1) is 0 Å². The lowest BCUT2D eigenvalue weighted by atomic mass is 10.1. The van der Waals surface area contributed by atoms with Crippen LogP contribution in [-0.2, 0) is 11.3 Å². The summed E-state index contributed by atoms with van der Waals surface area (Å²) < 4.78 is 1.74. The van der Waals surface area contributed by atoms with Gasteiger partial charge in [0, 0.05) is 28.5 Å². The van der Waals surface area contributed by atoms with Gasteiger partial charge in [-0.2, -0.15) is 5.10 Å². The summed E-state index contributed by atoms with van der Waals surface area (Å²) in [5.74, 6) is -1.67. The summed E-state index contributed by atoms with van der Waals surface area (Å²) in [7, 11) is 0. The number of carbonyl (C=O) groups is 2. The molecule has 26 heavy (non-hydrogen) atoms. The molecule has 0 radical (unpaired) electrons. The zero-order valence-electron chi connectivity index (χ0n) is 13.7. The number of benzene rings is 2. The second-order valence-corrected chi connectivity index (χ2v) is 6.08. The summed E-state index contributed by atoms with van der Waals surface area (Å²) in [4.78, 5) is 24.2. The minimum Gasteiger partial charge on any atom is -0.479 e. The van der Waals surface area contributed by atoms with Crippen LogP contribution in [0.3, 0.4) is 0 Å². The molecule has 2 aromatic carbocycles. The van der Waals surface area contributed by atoms with E-state index in [0.29, 0.717) is 17.7 Å². The number of hydrogen-bond acceptors (Lipinski definition) is 3. The van der Waals surface area contributed by atoms with Crippen LogP contribution in [0.5, 0.6) is 0 Å². The summed E-state index contributed by atoms with van der Waals surface area (Å²) in [6.07, 6.45) is 3.50. The van der Waals surface area contributed by atoms with Gasteiger partial charge >= 0.3 is 5.97 Å². The lowest BCUT2D eigenvalue weighted by Crippen LogP contribution is -2.34. The lowest BCUT2D eigenvalue weighted by Gasteiger charge is -2.16. The Morgan fingerprint density at radius 3 is 2.65 bits per heavy atom. The van der Waals surface area contributed by atoms with Crippen molar-refractivity contribution in [1.29, 1.82) is 0 Å². The number of hydrogen-bond donors (Lipinski definition) is 2. The van der Waals surface area contributed by atoms with Crippen LogP contribution in [0.4, 0.5) is 0 Å². The van der Waals surface area contributed by atoms with Gasteiger partial charge in [-0.3, -0.25) is 9.48 Å². The molecule has 1 aromatic heterocycles. The molecule has 0 aliphatic rings. The minimum absolute atomic E-state index is 0.285. The van der Waals surface area contributed by atoms with Crippen LogP contribution in [0.1, 0.15) is 27.5 Å². The third-order valence-electron chi connectivity index (χ3n) is 3.83. The van der Waals surface area contributed by atoms with Crippen molar-refractivity contribution >= 4 is 23.5 Å². The Morgan fingerprint density at radius 1 is 1.15 bits per heavy atom. The molecule has 0 aliphatic heterocycles. The molecular weight excluding hydrogens is 354 g/mol. The first-order valence-corrected chi connectivity index (χ1v) is 8.27. The number of carboxylic acids is 1. The van der Waals surface area contributed by atoms with E-state index in [2.05, 4.69) is 10.4 Å². The highest BCUT2D eigenvalue weighted by atomic mass is 35.5. The largest absolute Gasteiger partial charge is 0.479 e. The van der Waals surface area contributed by atoms with Crippen molar-refractivity contribution in [2.24, 2.45) is 0 Å². The van der Waals surface area contributed by atoms with Gasteiger partial charge in [0.25, 0.3) is 5.91 Å². The Kier molecular flexibility index (Phi) is 5.34. The highest BCUT2D eigenvalue weighted by Gasteiger charge is 2.24. The molecular formula is C19H16ClN3O3. The third-order valence-corrected chi connectivity index (χ3v) is 4.18. The van der Waals surface area contributed by atoms with Gasteiger partial charge in [-0.1, -0.05) is 41.9 Å². The van der Waals surface area contributed by atoms with Crippen molar-refractivity contribution in [3.05, 3.63) is 88.7 Å². The normalized spacial score (nSPS) is 11.7. The predicted molar refractivity (Wildman–Crippen MR) is 97.1 cm³/mol.